The first-order valence-corrected chi connectivity index (χ1v) is 26.4. The van der Waals surface area contributed by atoms with E-state index in [9.17, 15) is 0 Å². The quantitative estimate of drug-likeness (QED) is 0.0538. The monoisotopic (exact) mass is 974 g/mol. The normalized spacial score (nSPS) is 16.8. The molecule has 3 heterocycles. The molecule has 3 atom stereocenters. The molecule has 0 unspecified atom stereocenters. The lowest BCUT2D eigenvalue weighted by Crippen LogP contribution is -2.47. The Balaban J connectivity index is 1.15. The molecule has 0 bridgehead atoms. The average Bonchev–Trinajstić information content (AvgIpc) is 3.95. The molecule has 0 aliphatic carbocycles. The van der Waals surface area contributed by atoms with E-state index < -0.39 is 44.0 Å². The smallest absolute Gasteiger partial charge is 0.312 e. The molecule has 1 saturated heterocycles. The first-order valence-electron chi connectivity index (χ1n) is 23.5. The van der Waals surface area contributed by atoms with Crippen molar-refractivity contribution in [3.05, 3.63) is 216 Å². The van der Waals surface area contributed by atoms with Gasteiger partial charge in [0, 0.05) is 0 Å². The van der Waals surface area contributed by atoms with Gasteiger partial charge >= 0.3 is 6.08 Å². The number of benzene rings is 6. The standard InChI is InChI=1S/C57H58F2N5O6Si/c1-55(2,3)71(7,8)70-50-47(36-68-57(41-22-16-11-17-23-41,42-26-32-45(66-5)33-27-42)43-28-34-46(67-6)35-29-43)69-53(48(50)58)64-37-60-49-51(61-54(59)62-52(49)64)63-56(38-18-12-9-13-19-38,39-20-14-10-15-21-39)40-24-30-44(65-4)31-25-40/h9-35,37,48,50,53H,36H2,1-8H3,(H,61,62,63)/t48-,50+,53+/m0/s1. The van der Waals surface area contributed by atoms with Crippen LogP contribution in [-0.2, 0) is 25.0 Å². The molecule has 9 rings (SSSR count). The number of ether oxygens (including phenoxy) is 5. The van der Waals surface area contributed by atoms with Crippen LogP contribution in [0.25, 0.3) is 11.2 Å². The Hall–Kier alpha value is -6.97. The SMILES string of the molecule is COc1ccc(C(Nc2nc(F)nc3c2ncn3[C@@H]2O[C](COC(c3ccccc3)(c3ccc(OC)cc3)c3ccc(OC)cc3)[C@@H](O[Si](C)(C)C(C)(C)C)[C@@H]2F)(c2ccccc2)c2ccccc2)cc1. The molecule has 71 heavy (non-hydrogen) atoms. The van der Waals surface area contributed by atoms with Gasteiger partial charge in [0.05, 0.1) is 34.3 Å². The van der Waals surface area contributed by atoms with E-state index in [1.807, 2.05) is 164 Å². The van der Waals surface area contributed by atoms with Gasteiger partial charge in [0.1, 0.15) is 34.5 Å². The van der Waals surface area contributed by atoms with Gasteiger partial charge in [-0.2, -0.15) is 14.4 Å². The van der Waals surface area contributed by atoms with Crippen LogP contribution in [0.1, 0.15) is 60.4 Å². The first-order chi connectivity index (χ1) is 34.2. The fourth-order valence-corrected chi connectivity index (χ4v) is 10.3. The van der Waals surface area contributed by atoms with Gasteiger partial charge in [-0.1, -0.05) is 148 Å². The fraction of sp³-hybridized carbons (Fsp3) is 0.263. The number of nitrogens with zero attached hydrogens (tertiary/aromatic N) is 4. The highest BCUT2D eigenvalue weighted by atomic mass is 28.4. The third-order valence-electron chi connectivity index (χ3n) is 13.9. The minimum absolute atomic E-state index is 0.0146. The number of hydrogen-bond acceptors (Lipinski definition) is 10. The minimum Gasteiger partial charge on any atom is -0.497 e. The molecule has 0 saturated carbocycles. The van der Waals surface area contributed by atoms with Crippen molar-refractivity contribution in [2.24, 2.45) is 0 Å². The number of fused-ring (bicyclic) bond motifs is 1. The molecule has 0 spiro atoms. The van der Waals surface area contributed by atoms with E-state index in [1.54, 1.807) is 21.3 Å². The summed E-state index contributed by atoms with van der Waals surface area (Å²) in [4.78, 5) is 13.4. The Bertz CT molecular complexity index is 2940. The van der Waals surface area contributed by atoms with E-state index in [2.05, 4.69) is 49.1 Å². The topological polar surface area (TPSA) is 111 Å². The van der Waals surface area contributed by atoms with Crippen LogP contribution in [0.5, 0.6) is 17.2 Å². The minimum atomic E-state index is -2.71. The highest BCUT2D eigenvalue weighted by molar-refractivity contribution is 6.74. The maximum atomic E-state index is 17.9. The molecule has 1 fully saturated rings. The highest BCUT2D eigenvalue weighted by Gasteiger charge is 2.54. The van der Waals surface area contributed by atoms with E-state index in [0.717, 1.165) is 33.4 Å². The van der Waals surface area contributed by atoms with Crippen LogP contribution in [0.3, 0.4) is 0 Å². The lowest BCUT2D eigenvalue weighted by Gasteiger charge is -2.40. The van der Waals surface area contributed by atoms with E-state index >= 15 is 8.78 Å². The summed E-state index contributed by atoms with van der Waals surface area (Å²) in [6.45, 7) is 10.2. The molecule has 1 radical (unpaired) electrons. The zero-order valence-electron chi connectivity index (χ0n) is 41.1. The van der Waals surface area contributed by atoms with E-state index in [1.165, 1.54) is 10.9 Å². The van der Waals surface area contributed by atoms with Crippen LogP contribution in [0, 0.1) is 12.2 Å². The third-order valence-corrected chi connectivity index (χ3v) is 18.3. The number of hydrogen-bond donors (Lipinski definition) is 1. The maximum Gasteiger partial charge on any atom is 0.312 e. The molecule has 8 aromatic rings. The number of nitrogens with one attached hydrogen (secondary N) is 1. The van der Waals surface area contributed by atoms with Crippen LogP contribution in [0.15, 0.2) is 170 Å². The van der Waals surface area contributed by atoms with Crippen LogP contribution in [0.2, 0.25) is 18.1 Å². The van der Waals surface area contributed by atoms with Gasteiger partial charge in [0.25, 0.3) is 0 Å². The summed E-state index contributed by atoms with van der Waals surface area (Å²) in [7, 11) is 2.14. The average molecular weight is 975 g/mol. The van der Waals surface area contributed by atoms with Crippen molar-refractivity contribution in [1.29, 1.82) is 0 Å². The summed E-state index contributed by atoms with van der Waals surface area (Å²) >= 11 is 0. The molecule has 1 aliphatic rings. The van der Waals surface area contributed by atoms with Gasteiger partial charge in [0.15, 0.2) is 43.8 Å². The maximum absolute atomic E-state index is 17.9. The summed E-state index contributed by atoms with van der Waals surface area (Å²) in [6, 6.07) is 52.5. The summed E-state index contributed by atoms with van der Waals surface area (Å²) in [6.07, 6.45) is -3.81. The van der Waals surface area contributed by atoms with E-state index in [-0.39, 0.29) is 34.7 Å². The summed E-state index contributed by atoms with van der Waals surface area (Å²) < 4.78 is 73.3. The van der Waals surface area contributed by atoms with Gasteiger partial charge in [-0.25, -0.2) is 9.37 Å². The second kappa shape index (κ2) is 20.0. The van der Waals surface area contributed by atoms with Gasteiger partial charge in [-0.15, -0.1) is 0 Å². The van der Waals surface area contributed by atoms with Crippen molar-refractivity contribution < 1.29 is 36.9 Å². The molecule has 0 amide bonds. The Morgan fingerprint density at radius 2 is 1.06 bits per heavy atom. The lowest BCUT2D eigenvalue weighted by atomic mass is 9.77. The van der Waals surface area contributed by atoms with E-state index in [4.69, 9.17) is 33.1 Å². The number of halogens is 2. The van der Waals surface area contributed by atoms with Crippen LogP contribution >= 0.6 is 0 Å². The van der Waals surface area contributed by atoms with Crippen molar-refractivity contribution in [2.45, 2.75) is 68.5 Å². The largest absolute Gasteiger partial charge is 0.497 e. The molecule has 1 aliphatic heterocycles. The Morgan fingerprint density at radius 1 is 0.620 bits per heavy atom. The number of alkyl halides is 1. The van der Waals surface area contributed by atoms with Crippen molar-refractivity contribution >= 4 is 25.3 Å². The first kappa shape index (κ1) is 49.0. The molecule has 6 aromatic carbocycles. The summed E-state index contributed by atoms with van der Waals surface area (Å²) in [5.74, 6) is 2.08. The zero-order chi connectivity index (χ0) is 50.0. The third kappa shape index (κ3) is 9.28. The molecule has 14 heteroatoms. The molecule has 1 N–H and O–H groups in total. The lowest BCUT2D eigenvalue weighted by molar-refractivity contribution is -0.0430. The van der Waals surface area contributed by atoms with Crippen molar-refractivity contribution in [3.63, 3.8) is 0 Å². The Labute approximate surface area is 414 Å². The number of rotatable bonds is 17. The molecular formula is C57H58F2N5O6Si. The summed E-state index contributed by atoms with van der Waals surface area (Å²) in [5.41, 5.74) is 2.69. The zero-order valence-corrected chi connectivity index (χ0v) is 42.1. The summed E-state index contributed by atoms with van der Waals surface area (Å²) in [5, 5.41) is 3.34. The number of aromatic nitrogens is 4. The van der Waals surface area contributed by atoms with Crippen molar-refractivity contribution in [1.82, 2.24) is 19.5 Å². The second-order valence-electron chi connectivity index (χ2n) is 19.0. The van der Waals surface area contributed by atoms with Gasteiger partial charge in [-0.3, -0.25) is 4.57 Å². The van der Waals surface area contributed by atoms with Crippen molar-refractivity contribution in [3.8, 4) is 17.2 Å². The Kier molecular flexibility index (Phi) is 13.8. The number of imidazole rings is 1. The Morgan fingerprint density at radius 3 is 1.52 bits per heavy atom. The fourth-order valence-electron chi connectivity index (χ4n) is 9.09. The van der Waals surface area contributed by atoms with Gasteiger partial charge in [-0.05, 0) is 87.9 Å². The van der Waals surface area contributed by atoms with Crippen LogP contribution in [0.4, 0.5) is 14.6 Å². The van der Waals surface area contributed by atoms with E-state index in [0.29, 0.717) is 17.2 Å². The second-order valence-corrected chi connectivity index (χ2v) is 23.8. The molecule has 365 valence electrons. The highest BCUT2D eigenvalue weighted by Crippen LogP contribution is 2.49. The number of methoxy groups -OCH3 is 3. The predicted molar refractivity (Wildman–Crippen MR) is 273 cm³/mol. The molecule has 11 nitrogen and oxygen atoms in total. The predicted octanol–water partition coefficient (Wildman–Crippen LogP) is 12.2. The van der Waals surface area contributed by atoms with Crippen LogP contribution < -0.4 is 19.5 Å². The molecular weight excluding hydrogens is 917 g/mol. The van der Waals surface area contributed by atoms with Crippen molar-refractivity contribution in [2.75, 3.05) is 33.3 Å². The van der Waals surface area contributed by atoms with Gasteiger partial charge in [0.2, 0.25) is 0 Å². The van der Waals surface area contributed by atoms with Gasteiger partial charge < -0.3 is 33.4 Å². The molecule has 2 aromatic heterocycles. The number of anilines is 1. The van der Waals surface area contributed by atoms with Crippen LogP contribution in [-0.4, -0.2) is 68.0 Å².